The fourth-order valence-corrected chi connectivity index (χ4v) is 5.31. The topological polar surface area (TPSA) is 46.0 Å². The van der Waals surface area contributed by atoms with Crippen LogP contribution in [0.3, 0.4) is 0 Å². The maximum absolute atomic E-state index is 8.71. The third-order valence-corrected chi connectivity index (χ3v) is 7.73. The van der Waals surface area contributed by atoms with E-state index in [0.29, 0.717) is 5.52 Å². The Hall–Kier alpha value is -4.37. The van der Waals surface area contributed by atoms with Crippen LogP contribution in [0.5, 0.6) is 11.6 Å². The number of pyridine rings is 2. The van der Waals surface area contributed by atoms with Gasteiger partial charge in [0.15, 0.2) is 6.98 Å². The Balaban J connectivity index is 0.00000464. The van der Waals surface area contributed by atoms with Gasteiger partial charge in [-0.1, -0.05) is 98.5 Å². The van der Waals surface area contributed by atoms with E-state index in [1.165, 1.54) is 4.58 Å². The van der Waals surface area contributed by atoms with E-state index in [1.807, 2.05) is 67.9 Å². The van der Waals surface area contributed by atoms with E-state index in [2.05, 4.69) is 50.0 Å². The maximum Gasteiger partial charge on any atom is 2.00 e. The van der Waals surface area contributed by atoms with E-state index in [0.717, 1.165) is 37.8 Å². The van der Waals surface area contributed by atoms with Crippen LogP contribution < -0.4 is 9.31 Å². The molecule has 0 saturated carbocycles. The number of aromatic nitrogens is 3. The van der Waals surface area contributed by atoms with Crippen LogP contribution in [0.15, 0.2) is 85.1 Å². The van der Waals surface area contributed by atoms with Crippen molar-refractivity contribution in [1.29, 1.82) is 0 Å². The first-order valence-electron chi connectivity index (χ1n) is 17.9. The van der Waals surface area contributed by atoms with Crippen LogP contribution in [0, 0.1) is 12.1 Å². The molecule has 226 valence electrons. The van der Waals surface area contributed by atoms with Crippen LogP contribution in [0.2, 0.25) is 0 Å². The summed E-state index contributed by atoms with van der Waals surface area (Å²) < 4.78 is 68.6. The number of rotatable bonds is 4. The number of nitrogens with zero attached hydrogens (tertiary/aromatic N) is 5. The number of hydrogen-bond acceptors (Lipinski definition) is 3. The average Bonchev–Trinajstić information content (AvgIpc) is 3.63. The summed E-state index contributed by atoms with van der Waals surface area (Å²) in [6, 6.07) is 23.1. The summed E-state index contributed by atoms with van der Waals surface area (Å²) in [5.41, 5.74) is 3.09. The molecule has 0 saturated heterocycles. The van der Waals surface area contributed by atoms with E-state index < -0.39 is 36.6 Å². The summed E-state index contributed by atoms with van der Waals surface area (Å²) >= 11 is 0. The van der Waals surface area contributed by atoms with Crippen LogP contribution in [0.1, 0.15) is 62.3 Å². The molecule has 3 aromatic carbocycles. The van der Waals surface area contributed by atoms with Gasteiger partial charge in [0.1, 0.15) is 21.5 Å². The molecule has 6 aromatic rings. The second-order valence-electron chi connectivity index (χ2n) is 12.9. The molecule has 7 heteroatoms. The van der Waals surface area contributed by atoms with Crippen molar-refractivity contribution in [2.24, 2.45) is 0 Å². The zero-order chi connectivity index (χ0) is 36.8. The molecule has 0 fully saturated rings. The summed E-state index contributed by atoms with van der Waals surface area (Å²) in [5.74, 6) is 1.13. The Kier molecular flexibility index (Phi) is 5.74. The summed E-state index contributed by atoms with van der Waals surface area (Å²) in [5, 5.41) is 1.85. The number of hydrogen-bond donors (Lipinski definition) is 0. The Morgan fingerprint density at radius 2 is 1.64 bits per heavy atom. The Bertz CT molecular complexity index is 2510. The van der Waals surface area contributed by atoms with Crippen LogP contribution >= 0.6 is 0 Å². The van der Waals surface area contributed by atoms with E-state index in [9.17, 15) is 0 Å². The number of fused-ring (bicyclic) bond motifs is 4. The van der Waals surface area contributed by atoms with Gasteiger partial charge in [-0.2, -0.15) is 6.07 Å². The van der Waals surface area contributed by atoms with Gasteiger partial charge in [0.25, 0.3) is 11.4 Å². The van der Waals surface area contributed by atoms with Gasteiger partial charge in [-0.05, 0) is 40.8 Å². The van der Waals surface area contributed by atoms with Gasteiger partial charge in [0.2, 0.25) is 0 Å². The second-order valence-corrected chi connectivity index (χ2v) is 12.9. The molecule has 0 spiro atoms. The Morgan fingerprint density at radius 3 is 2.40 bits per heavy atom. The smallest absolute Gasteiger partial charge is 0.484 e. The number of ether oxygens (including phenoxy) is 1. The molecular weight excluding hydrogens is 738 g/mol. The molecule has 0 atom stereocenters. The minimum absolute atomic E-state index is 0. The Labute approximate surface area is 288 Å². The molecule has 0 bridgehead atoms. The van der Waals surface area contributed by atoms with Gasteiger partial charge in [-0.25, -0.2) is 4.98 Å². The average molecular weight is 780 g/mol. The predicted molar refractivity (Wildman–Crippen MR) is 177 cm³/mol. The summed E-state index contributed by atoms with van der Waals surface area (Å²) in [4.78, 5) is 9.35. The molecule has 7 rings (SSSR count). The zero-order valence-corrected chi connectivity index (χ0v) is 28.0. The van der Waals surface area contributed by atoms with Crippen LogP contribution in [-0.2, 0) is 31.9 Å². The van der Waals surface area contributed by atoms with Gasteiger partial charge in [0.05, 0.1) is 5.48 Å². The van der Waals surface area contributed by atoms with Crippen LogP contribution in [-0.4, -0.2) is 32.1 Å². The van der Waals surface area contributed by atoms with Crippen molar-refractivity contribution in [1.82, 2.24) is 19.1 Å². The van der Waals surface area contributed by atoms with Gasteiger partial charge in [-0.15, -0.1) is 22.5 Å². The minimum Gasteiger partial charge on any atom is -0.484 e. The first-order chi connectivity index (χ1) is 23.8. The van der Waals surface area contributed by atoms with Crippen molar-refractivity contribution in [3.05, 3.63) is 108 Å². The van der Waals surface area contributed by atoms with Gasteiger partial charge < -0.3 is 9.30 Å². The molecular formula is C38H35N5OPt+2. The maximum atomic E-state index is 8.71. The van der Waals surface area contributed by atoms with Gasteiger partial charge >= 0.3 is 27.1 Å². The summed E-state index contributed by atoms with van der Waals surface area (Å²) in [7, 11) is 0. The van der Waals surface area contributed by atoms with Crippen molar-refractivity contribution in [3.63, 3.8) is 0 Å². The molecule has 0 unspecified atom stereocenters. The number of para-hydroxylation sites is 3. The van der Waals surface area contributed by atoms with Crippen molar-refractivity contribution in [3.8, 4) is 17.4 Å². The SMILES string of the molecule is [2H]c1c([2H])c([2H])c2c(c1[2H])[N+](c1[c-]c(Oc3[c-]c4c(cn3)c3ccccc3n4-c3cc(C(C)(C)C)ccn3)cc(C(C)(C)C)c1)=C=[N+]2C([2H])([2H])[2H].[Pt+2]. The molecule has 1 aliphatic rings. The van der Waals surface area contributed by atoms with Crippen molar-refractivity contribution < 1.29 is 40.0 Å². The van der Waals surface area contributed by atoms with Crippen LogP contribution in [0.4, 0.5) is 17.1 Å². The monoisotopic (exact) mass is 779 g/mol. The molecule has 1 aliphatic heterocycles. The summed E-state index contributed by atoms with van der Waals surface area (Å²) in [6.45, 7) is 9.71. The van der Waals surface area contributed by atoms with Crippen molar-refractivity contribution in [2.75, 3.05) is 6.98 Å². The zero-order valence-electron chi connectivity index (χ0n) is 32.7. The normalized spacial score (nSPS) is 15.5. The molecule has 0 radical (unpaired) electrons. The molecule has 0 aliphatic carbocycles. The quantitative estimate of drug-likeness (QED) is 0.133. The largest absolute Gasteiger partial charge is 2.00 e. The summed E-state index contributed by atoms with van der Waals surface area (Å²) in [6.07, 6.45) is 3.55. The molecule has 6 nitrogen and oxygen atoms in total. The van der Waals surface area contributed by atoms with E-state index in [4.69, 9.17) is 19.3 Å². The number of benzene rings is 3. The van der Waals surface area contributed by atoms with Crippen molar-refractivity contribution in [2.45, 2.75) is 52.4 Å². The molecule has 0 N–H and O–H groups in total. The first-order valence-corrected chi connectivity index (χ1v) is 14.4. The van der Waals surface area contributed by atoms with Gasteiger partial charge in [-0.3, -0.25) is 4.98 Å². The van der Waals surface area contributed by atoms with E-state index >= 15 is 0 Å². The second kappa shape index (κ2) is 11.2. The standard InChI is InChI=1S/C38H35N5O.Pt/c1-37(2,3)25-16-17-39-35(20-25)43-31-13-9-8-12-29(31)30-23-40-36(22-34(30)43)44-28-19-26(38(4,5)6)18-27(21-28)42-24-41(7)32-14-10-11-15-33(32)42;/h8-20,23H,1-7H3;/q;+2/i7D3,10D,11D,14D,15D;. The van der Waals surface area contributed by atoms with Gasteiger partial charge in [0, 0.05) is 29.5 Å². The molecule has 45 heavy (non-hydrogen) atoms. The molecule has 4 heterocycles. The minimum atomic E-state index is -2.78. The molecule has 0 amide bonds. The van der Waals surface area contributed by atoms with E-state index in [-0.39, 0.29) is 55.2 Å². The fraction of sp³-hybridized carbons (Fsp3) is 0.237. The third-order valence-electron chi connectivity index (χ3n) is 7.73. The first kappa shape index (κ1) is 23.0. The third kappa shape index (κ3) is 5.54. The van der Waals surface area contributed by atoms with Crippen LogP contribution in [0.25, 0.3) is 27.6 Å². The van der Waals surface area contributed by atoms with Crippen molar-refractivity contribution >= 4 is 44.9 Å². The predicted octanol–water partition coefficient (Wildman–Crippen LogP) is 8.85. The van der Waals surface area contributed by atoms with E-state index in [1.54, 1.807) is 12.3 Å². The Morgan fingerprint density at radius 1 is 0.889 bits per heavy atom. The fourth-order valence-electron chi connectivity index (χ4n) is 5.31. The molecule has 3 aromatic heterocycles.